The Hall–Kier alpha value is -2.55. The molecule has 0 aromatic rings. The van der Waals surface area contributed by atoms with Gasteiger partial charge in [-0.05, 0) is 57.0 Å². The molecule has 13 heteroatoms. The van der Waals surface area contributed by atoms with Crippen molar-refractivity contribution in [3.05, 3.63) is 0 Å². The molecule has 0 aromatic carbocycles. The van der Waals surface area contributed by atoms with Crippen LogP contribution in [0.5, 0.6) is 0 Å². The van der Waals surface area contributed by atoms with Gasteiger partial charge in [-0.3, -0.25) is 33.6 Å². The molecule has 0 fully saturated rings. The van der Waals surface area contributed by atoms with E-state index in [4.69, 9.17) is 27.4 Å². The zero-order valence-electron chi connectivity index (χ0n) is 55.8. The lowest BCUT2D eigenvalue weighted by molar-refractivity contribution is -0.131. The Labute approximate surface area is 470 Å². The molecule has 0 rings (SSSR count). The number of ketones is 7. The number of hydrogen-bond acceptors (Lipinski definition) is 13. The van der Waals surface area contributed by atoms with Crippen LogP contribution in [0.2, 0.25) is 0 Å². The minimum Gasteiger partial charge on any atom is -0.396 e. The molecule has 0 amide bonds. The Morgan fingerprint density at radius 1 is 0.487 bits per heavy atom. The molecule has 0 spiro atoms. The summed E-state index contributed by atoms with van der Waals surface area (Å²) >= 11 is 0. The number of nitrogens with zero attached hydrogens (tertiary/aromatic N) is 1. The summed E-state index contributed by atoms with van der Waals surface area (Å²) in [6, 6.07) is -0.801. The number of rotatable bonds is 18. The van der Waals surface area contributed by atoms with Gasteiger partial charge in [0.05, 0.1) is 25.2 Å². The molecule has 0 aliphatic carbocycles. The zero-order chi connectivity index (χ0) is 63.0. The topological polar surface area (TPSA) is 241 Å². The van der Waals surface area contributed by atoms with Crippen molar-refractivity contribution in [3.63, 3.8) is 0 Å². The lowest BCUT2D eigenvalue weighted by atomic mass is 9.80. The molecule has 456 valence electrons. The molecular formula is C63H130N4O9. The fraction of sp³-hybridized carbons (Fsp3) is 0.889. The first-order valence-corrected chi connectivity index (χ1v) is 28.2. The van der Waals surface area contributed by atoms with E-state index in [-0.39, 0.29) is 98.5 Å². The molecule has 13 nitrogen and oxygen atoms in total. The van der Waals surface area contributed by atoms with Gasteiger partial charge < -0.3 is 32.3 Å². The van der Waals surface area contributed by atoms with Crippen molar-refractivity contribution in [1.29, 1.82) is 0 Å². The number of carbonyl (C=O) groups is 7. The molecule has 4 atom stereocenters. The van der Waals surface area contributed by atoms with Gasteiger partial charge in [0, 0.05) is 69.9 Å². The molecule has 0 aromatic heterocycles. The van der Waals surface area contributed by atoms with Crippen LogP contribution in [0.15, 0.2) is 0 Å². The fourth-order valence-electron chi connectivity index (χ4n) is 5.85. The first kappa shape index (κ1) is 87.3. The predicted octanol–water partition coefficient (Wildman–Crippen LogP) is 12.5. The van der Waals surface area contributed by atoms with Gasteiger partial charge >= 0.3 is 0 Å². The van der Waals surface area contributed by atoms with Gasteiger partial charge in [-0.15, -0.1) is 0 Å². The summed E-state index contributed by atoms with van der Waals surface area (Å²) in [5.41, 5.74) is 14.8. The van der Waals surface area contributed by atoms with Gasteiger partial charge in [-0.25, -0.2) is 0 Å². The zero-order valence-corrected chi connectivity index (χ0v) is 55.8. The van der Waals surface area contributed by atoms with Crippen molar-refractivity contribution >= 4 is 40.5 Å². The van der Waals surface area contributed by atoms with Gasteiger partial charge in [-0.2, -0.15) is 0 Å². The molecule has 0 bridgehead atoms. The minimum atomic E-state index is -0.514. The van der Waals surface area contributed by atoms with Crippen LogP contribution >= 0.6 is 0 Å². The van der Waals surface area contributed by atoms with Gasteiger partial charge in [0.2, 0.25) is 0 Å². The lowest BCUT2D eigenvalue weighted by Gasteiger charge is -2.23. The van der Waals surface area contributed by atoms with E-state index in [0.29, 0.717) is 49.2 Å². The van der Waals surface area contributed by atoms with Gasteiger partial charge in [0.15, 0.2) is 23.1 Å². The molecule has 0 heterocycles. The normalized spacial score (nSPS) is 13.8. The number of aliphatic hydroxyl groups excluding tert-OH is 2. The van der Waals surface area contributed by atoms with Gasteiger partial charge in [0.25, 0.3) is 0 Å². The average molecular weight is 1090 g/mol. The molecular weight excluding hydrogens is 957 g/mol. The van der Waals surface area contributed by atoms with Crippen LogP contribution in [0.4, 0.5) is 0 Å². The number of likely N-dealkylation sites (N-methyl/N-ethyl adjacent to an activating group) is 1. The van der Waals surface area contributed by atoms with E-state index < -0.39 is 11.5 Å². The van der Waals surface area contributed by atoms with E-state index in [0.717, 1.165) is 19.3 Å². The Morgan fingerprint density at radius 2 is 0.842 bits per heavy atom. The molecule has 0 radical (unpaired) electrons. The fourth-order valence-corrected chi connectivity index (χ4v) is 5.85. The van der Waals surface area contributed by atoms with E-state index in [2.05, 4.69) is 48.5 Å². The summed E-state index contributed by atoms with van der Waals surface area (Å²) in [6.07, 6.45) is 6.75. The van der Waals surface area contributed by atoms with E-state index in [9.17, 15) is 33.6 Å². The maximum atomic E-state index is 11.9. The highest BCUT2D eigenvalue weighted by molar-refractivity contribution is 5.89. The Bertz CT molecular complexity index is 1610. The van der Waals surface area contributed by atoms with Crippen LogP contribution < -0.4 is 17.2 Å². The highest BCUT2D eigenvalue weighted by Gasteiger charge is 2.30. The summed E-state index contributed by atoms with van der Waals surface area (Å²) in [4.78, 5) is 81.4. The second-order valence-electron chi connectivity index (χ2n) is 29.8. The molecule has 2 unspecified atom stereocenters. The molecule has 76 heavy (non-hydrogen) atoms. The van der Waals surface area contributed by atoms with Crippen molar-refractivity contribution in [1.82, 2.24) is 4.90 Å². The van der Waals surface area contributed by atoms with Crippen molar-refractivity contribution in [2.75, 3.05) is 40.4 Å². The van der Waals surface area contributed by atoms with E-state index in [1.165, 1.54) is 12.8 Å². The van der Waals surface area contributed by atoms with Gasteiger partial charge in [0.1, 0.15) is 17.3 Å². The Morgan fingerprint density at radius 3 is 1.04 bits per heavy atom. The summed E-state index contributed by atoms with van der Waals surface area (Å²) in [5, 5.41) is 17.2. The third kappa shape index (κ3) is 53.5. The molecule has 0 aliphatic rings. The van der Waals surface area contributed by atoms with Crippen LogP contribution in [0, 0.1) is 61.1 Å². The van der Waals surface area contributed by atoms with Crippen LogP contribution in [0.25, 0.3) is 0 Å². The second kappa shape index (κ2) is 39.8. The number of unbranched alkanes of at least 4 members (excludes halogenated alkanes) is 1. The van der Waals surface area contributed by atoms with Crippen molar-refractivity contribution < 1.29 is 43.8 Å². The number of Topliss-reactive ketones (excluding diaryl/α,β-unsaturated/α-hetero) is 7. The average Bonchev–Trinajstić information content (AvgIpc) is 3.21. The smallest absolute Gasteiger partial charge is 0.154 e. The standard InChI is InChI=1S/C12H24O.C10H21NO.C10H20O.C9H18O2.C8H17NO2.C8H17NO.C6H13NO/c1-6-8-9-10(7-2)11(13)12(3,4)5;1-7(2)6-8(11)9(12)10(3,4)5;1-9(2,3)7-8(11)10(4,5)6;1-7(6-10)5-8(11)9(2,3)4;1-8(2,3)7(11)6(9)4-5-10;1-8(2,3)7(10)6-9(4)5;1-6(2,3)5(8)4-7/h10H,6-9H2,1-5H3;7-8H,6,11H2,1-5H3;7H2,1-6H3;7,10H,5-6H2,1-4H3;6,10H,4-5,9H2,1-3H3;6H2,1-5H3;4,7H2,1-3H3/t;8-;;;6-;;/m.0..0../s1. The summed E-state index contributed by atoms with van der Waals surface area (Å²) in [7, 11) is 3.81. The molecule has 0 saturated heterocycles. The number of hydrogen-bond donors (Lipinski definition) is 5. The lowest BCUT2D eigenvalue weighted by Crippen LogP contribution is -2.39. The monoisotopic (exact) mass is 1090 g/mol. The SMILES string of the molecule is CC(C)(C)C(=O)CN.CC(C)(C)C(=O)[C@@H](N)CCO.CC(C)(C)CC(=O)C(C)(C)C.CC(C)C[C@H](N)C(=O)C(C)(C)C.CC(CO)CC(=O)C(C)(C)C.CCCCC(CC)C(=O)C(C)(C)C.CN(C)CC(=O)C(C)(C)C. The summed E-state index contributed by atoms with van der Waals surface area (Å²) < 4.78 is 0. The predicted molar refractivity (Wildman–Crippen MR) is 324 cm³/mol. The van der Waals surface area contributed by atoms with Crippen molar-refractivity contribution in [2.24, 2.45) is 78.3 Å². The maximum absolute atomic E-state index is 11.9. The highest BCUT2D eigenvalue weighted by Crippen LogP contribution is 2.27. The Balaban J connectivity index is -0.000000147. The van der Waals surface area contributed by atoms with Crippen molar-refractivity contribution in [2.45, 2.75) is 264 Å². The molecule has 8 N–H and O–H groups in total. The largest absolute Gasteiger partial charge is 0.396 e. The van der Waals surface area contributed by atoms with E-state index >= 15 is 0 Å². The van der Waals surface area contributed by atoms with Crippen LogP contribution in [0.1, 0.15) is 252 Å². The van der Waals surface area contributed by atoms with Crippen molar-refractivity contribution in [3.8, 4) is 0 Å². The highest BCUT2D eigenvalue weighted by atomic mass is 16.3. The van der Waals surface area contributed by atoms with Gasteiger partial charge in [-0.1, -0.05) is 214 Å². The Kier molecular flexibility index (Phi) is 45.7. The summed E-state index contributed by atoms with van der Waals surface area (Å²) in [6.45, 7) is 57.7. The summed E-state index contributed by atoms with van der Waals surface area (Å²) in [5.74, 6) is 2.46. The number of aliphatic hydroxyl groups is 2. The number of carbonyl (C=O) groups excluding carboxylic acids is 7. The minimum absolute atomic E-state index is 0.00606. The third-order valence-electron chi connectivity index (χ3n) is 11.4. The number of nitrogens with two attached hydrogens (primary N) is 3. The van der Waals surface area contributed by atoms with E-state index in [1.54, 1.807) is 0 Å². The molecule has 0 saturated carbocycles. The van der Waals surface area contributed by atoms with E-state index in [1.807, 2.05) is 171 Å². The first-order chi connectivity index (χ1) is 33.4. The second-order valence-corrected chi connectivity index (χ2v) is 29.8. The van der Waals surface area contributed by atoms with Crippen LogP contribution in [-0.2, 0) is 33.6 Å². The van der Waals surface area contributed by atoms with Crippen LogP contribution in [0.3, 0.4) is 0 Å². The maximum Gasteiger partial charge on any atom is 0.154 e. The third-order valence-corrected chi connectivity index (χ3v) is 11.4. The first-order valence-electron chi connectivity index (χ1n) is 28.2. The molecule has 0 aliphatic heterocycles. The quantitative estimate of drug-likeness (QED) is 0.0859. The van der Waals surface area contributed by atoms with Crippen LogP contribution in [-0.4, -0.2) is 108 Å².